The molecule has 2 heterocycles. The van der Waals surface area contributed by atoms with Crippen LogP contribution in [-0.4, -0.2) is 42.0 Å². The van der Waals surface area contributed by atoms with Crippen LogP contribution in [0, 0.1) is 6.92 Å². The minimum atomic E-state index is -4.35. The zero-order chi connectivity index (χ0) is 22.9. The standard InChI is InChI=1S/C23H24F3N3O2S/c1-15-10-17(12-19(11-15)31-16(2)30)14-28-6-3-7-29(9-8-28)22-27-20-5-4-18(23(24,25)26)13-21(20)32-22/h4-5,10-13H,3,6-9,14H2,1-2H3. The van der Waals surface area contributed by atoms with E-state index in [2.05, 4.69) is 20.9 Å². The molecular formula is C23H24F3N3O2S. The highest BCUT2D eigenvalue weighted by molar-refractivity contribution is 7.22. The lowest BCUT2D eigenvalue weighted by atomic mass is 10.1. The molecule has 1 aliphatic heterocycles. The summed E-state index contributed by atoms with van der Waals surface area (Å²) in [5.74, 6) is 0.210. The maximum atomic E-state index is 13.0. The Morgan fingerprint density at radius 1 is 1.12 bits per heavy atom. The molecule has 0 aliphatic carbocycles. The van der Waals surface area contributed by atoms with Gasteiger partial charge in [0.15, 0.2) is 5.13 Å². The van der Waals surface area contributed by atoms with Gasteiger partial charge in [-0.3, -0.25) is 9.69 Å². The molecular weight excluding hydrogens is 439 g/mol. The van der Waals surface area contributed by atoms with Gasteiger partial charge in [-0.2, -0.15) is 13.2 Å². The summed E-state index contributed by atoms with van der Waals surface area (Å²) in [7, 11) is 0. The maximum Gasteiger partial charge on any atom is 0.416 e. The minimum Gasteiger partial charge on any atom is -0.427 e. The lowest BCUT2D eigenvalue weighted by Crippen LogP contribution is -2.30. The highest BCUT2D eigenvalue weighted by Crippen LogP contribution is 2.35. The molecule has 3 aromatic rings. The number of hydrogen-bond acceptors (Lipinski definition) is 6. The van der Waals surface area contributed by atoms with Crippen molar-refractivity contribution in [1.82, 2.24) is 9.88 Å². The number of esters is 1. The molecule has 0 spiro atoms. The van der Waals surface area contributed by atoms with Crippen molar-refractivity contribution in [3.8, 4) is 5.75 Å². The first kappa shape index (κ1) is 22.5. The molecule has 1 saturated heterocycles. The van der Waals surface area contributed by atoms with Gasteiger partial charge in [-0.25, -0.2) is 4.98 Å². The number of thiazole rings is 1. The van der Waals surface area contributed by atoms with Gasteiger partial charge in [0.05, 0.1) is 15.8 Å². The Balaban J connectivity index is 1.44. The van der Waals surface area contributed by atoms with Crippen LogP contribution in [0.5, 0.6) is 5.75 Å². The van der Waals surface area contributed by atoms with Gasteiger partial charge in [-0.1, -0.05) is 17.4 Å². The fourth-order valence-electron chi connectivity index (χ4n) is 3.94. The van der Waals surface area contributed by atoms with Crippen molar-refractivity contribution in [1.29, 1.82) is 0 Å². The number of anilines is 1. The molecule has 0 N–H and O–H groups in total. The van der Waals surface area contributed by atoms with E-state index in [4.69, 9.17) is 4.74 Å². The first-order valence-corrected chi connectivity index (χ1v) is 11.2. The number of nitrogens with zero attached hydrogens (tertiary/aromatic N) is 3. The van der Waals surface area contributed by atoms with E-state index in [0.29, 0.717) is 16.0 Å². The van der Waals surface area contributed by atoms with E-state index in [1.54, 1.807) is 0 Å². The van der Waals surface area contributed by atoms with Crippen LogP contribution in [0.1, 0.15) is 30.0 Å². The van der Waals surface area contributed by atoms with Crippen molar-refractivity contribution in [3.05, 3.63) is 53.1 Å². The Kier molecular flexibility index (Phi) is 6.39. The van der Waals surface area contributed by atoms with Gasteiger partial charge < -0.3 is 9.64 Å². The van der Waals surface area contributed by atoms with Crippen LogP contribution in [-0.2, 0) is 17.5 Å². The number of halogens is 3. The molecule has 0 saturated carbocycles. The fourth-order valence-corrected chi connectivity index (χ4v) is 5.00. The number of carbonyl (C=O) groups is 1. The number of alkyl halides is 3. The van der Waals surface area contributed by atoms with E-state index in [1.165, 1.54) is 30.4 Å². The van der Waals surface area contributed by atoms with Crippen LogP contribution in [0.25, 0.3) is 10.2 Å². The molecule has 170 valence electrons. The van der Waals surface area contributed by atoms with Gasteiger partial charge in [0, 0.05) is 39.6 Å². The van der Waals surface area contributed by atoms with Crippen LogP contribution in [0.15, 0.2) is 36.4 Å². The first-order chi connectivity index (χ1) is 15.2. The third kappa shape index (κ3) is 5.39. The molecule has 1 aromatic heterocycles. The molecule has 32 heavy (non-hydrogen) atoms. The van der Waals surface area contributed by atoms with Gasteiger partial charge >= 0.3 is 12.1 Å². The molecule has 5 nitrogen and oxygen atoms in total. The molecule has 4 rings (SSSR count). The molecule has 0 amide bonds. The number of rotatable bonds is 4. The molecule has 0 atom stereocenters. The monoisotopic (exact) mass is 463 g/mol. The van der Waals surface area contributed by atoms with E-state index in [-0.39, 0.29) is 5.97 Å². The van der Waals surface area contributed by atoms with Gasteiger partial charge in [0.2, 0.25) is 0 Å². The summed E-state index contributed by atoms with van der Waals surface area (Å²) >= 11 is 1.31. The number of hydrogen-bond donors (Lipinski definition) is 0. The molecule has 0 bridgehead atoms. The Labute approximate surface area is 188 Å². The van der Waals surface area contributed by atoms with Crippen LogP contribution >= 0.6 is 11.3 Å². The Morgan fingerprint density at radius 2 is 1.94 bits per heavy atom. The minimum absolute atomic E-state index is 0.342. The summed E-state index contributed by atoms with van der Waals surface area (Å²) in [6.45, 7) is 7.34. The summed E-state index contributed by atoms with van der Waals surface area (Å²) in [5, 5.41) is 0.758. The van der Waals surface area contributed by atoms with Crippen molar-refractivity contribution in [2.45, 2.75) is 33.0 Å². The predicted molar refractivity (Wildman–Crippen MR) is 119 cm³/mol. The molecule has 0 unspecified atom stereocenters. The van der Waals surface area contributed by atoms with Crippen molar-refractivity contribution in [3.63, 3.8) is 0 Å². The maximum absolute atomic E-state index is 13.0. The van der Waals surface area contributed by atoms with E-state index >= 15 is 0 Å². The first-order valence-electron chi connectivity index (χ1n) is 10.4. The lowest BCUT2D eigenvalue weighted by Gasteiger charge is -2.22. The fraction of sp³-hybridized carbons (Fsp3) is 0.391. The zero-order valence-electron chi connectivity index (χ0n) is 17.9. The average Bonchev–Trinajstić information content (AvgIpc) is 2.98. The second-order valence-electron chi connectivity index (χ2n) is 8.04. The Bertz CT molecular complexity index is 1130. The van der Waals surface area contributed by atoms with E-state index in [0.717, 1.165) is 61.5 Å². The summed E-state index contributed by atoms with van der Waals surface area (Å²) in [4.78, 5) is 20.3. The topological polar surface area (TPSA) is 45.7 Å². The number of aryl methyl sites for hydroxylation is 1. The lowest BCUT2D eigenvalue weighted by molar-refractivity contribution is -0.137. The van der Waals surface area contributed by atoms with Crippen molar-refractivity contribution >= 4 is 32.7 Å². The number of benzene rings is 2. The highest BCUT2D eigenvalue weighted by Gasteiger charge is 2.31. The van der Waals surface area contributed by atoms with E-state index in [9.17, 15) is 18.0 Å². The Hall–Kier alpha value is -2.65. The summed E-state index contributed by atoms with van der Waals surface area (Å²) in [5.41, 5.74) is 2.06. The highest BCUT2D eigenvalue weighted by atomic mass is 32.1. The van der Waals surface area contributed by atoms with Crippen LogP contribution in [0.3, 0.4) is 0 Å². The van der Waals surface area contributed by atoms with Gasteiger partial charge in [-0.05, 0) is 54.8 Å². The molecule has 0 radical (unpaired) electrons. The van der Waals surface area contributed by atoms with Crippen LogP contribution in [0.4, 0.5) is 18.3 Å². The summed E-state index contributed by atoms with van der Waals surface area (Å²) < 4.78 is 44.8. The van der Waals surface area contributed by atoms with Gasteiger partial charge in [0.25, 0.3) is 0 Å². The largest absolute Gasteiger partial charge is 0.427 e. The predicted octanol–water partition coefficient (Wildman–Crippen LogP) is 5.26. The zero-order valence-corrected chi connectivity index (χ0v) is 18.7. The number of ether oxygens (including phenoxy) is 1. The van der Waals surface area contributed by atoms with E-state index < -0.39 is 11.7 Å². The molecule has 9 heteroatoms. The third-order valence-corrected chi connectivity index (χ3v) is 6.42. The molecule has 1 aliphatic rings. The second kappa shape index (κ2) is 9.07. The summed E-state index contributed by atoms with van der Waals surface area (Å²) in [6.07, 6.45) is -3.43. The SMILES string of the molecule is CC(=O)Oc1cc(C)cc(CN2CCCN(c3nc4ccc(C(F)(F)F)cc4s3)CC2)c1. The molecule has 2 aromatic carbocycles. The van der Waals surface area contributed by atoms with Crippen molar-refractivity contribution in [2.75, 3.05) is 31.1 Å². The summed E-state index contributed by atoms with van der Waals surface area (Å²) in [6, 6.07) is 9.53. The van der Waals surface area contributed by atoms with E-state index in [1.807, 2.05) is 19.1 Å². The third-order valence-electron chi connectivity index (χ3n) is 5.34. The van der Waals surface area contributed by atoms with Crippen molar-refractivity contribution in [2.24, 2.45) is 0 Å². The molecule has 1 fully saturated rings. The number of carbonyl (C=O) groups excluding carboxylic acids is 1. The number of fused-ring (bicyclic) bond motifs is 1. The van der Waals surface area contributed by atoms with Crippen LogP contribution < -0.4 is 9.64 Å². The Morgan fingerprint density at radius 3 is 2.69 bits per heavy atom. The normalized spacial score (nSPS) is 15.7. The smallest absolute Gasteiger partial charge is 0.416 e. The van der Waals surface area contributed by atoms with Crippen LogP contribution in [0.2, 0.25) is 0 Å². The van der Waals surface area contributed by atoms with Gasteiger partial charge in [-0.15, -0.1) is 0 Å². The second-order valence-corrected chi connectivity index (χ2v) is 9.05. The average molecular weight is 464 g/mol. The van der Waals surface area contributed by atoms with Gasteiger partial charge in [0.1, 0.15) is 5.75 Å². The quantitative estimate of drug-likeness (QED) is 0.390. The number of aromatic nitrogens is 1. The van der Waals surface area contributed by atoms with Crippen molar-refractivity contribution < 1.29 is 22.7 Å².